The van der Waals surface area contributed by atoms with Crippen molar-refractivity contribution in [2.75, 3.05) is 12.3 Å². The minimum Gasteiger partial charge on any atom is -0.414 e. The van der Waals surface area contributed by atoms with E-state index in [2.05, 4.69) is 27.2 Å². The maximum atomic E-state index is 5.96. The smallest absolute Gasteiger partial charge is 0.258 e. The quantitative estimate of drug-likeness (QED) is 0.689. The molecule has 0 bridgehead atoms. The van der Waals surface area contributed by atoms with Crippen molar-refractivity contribution in [3.05, 3.63) is 30.1 Å². The van der Waals surface area contributed by atoms with Gasteiger partial charge in [-0.3, -0.25) is 4.40 Å². The largest absolute Gasteiger partial charge is 0.414 e. The molecule has 3 heterocycles. The van der Waals surface area contributed by atoms with E-state index in [1.165, 1.54) is 0 Å². The fraction of sp³-hybridized carbons (Fsp3) is 0.312. The van der Waals surface area contributed by atoms with E-state index in [9.17, 15) is 0 Å². The maximum Gasteiger partial charge on any atom is 0.258 e. The molecule has 1 unspecified atom stereocenters. The number of ether oxygens (including phenoxy) is 2. The summed E-state index contributed by atoms with van der Waals surface area (Å²) in [7, 11) is 0. The van der Waals surface area contributed by atoms with Crippen LogP contribution >= 0.6 is 0 Å². The molecule has 0 saturated carbocycles. The zero-order chi connectivity index (χ0) is 15.6. The lowest BCUT2D eigenvalue weighted by Crippen LogP contribution is -2.20. The Hall–Kier alpha value is -2.85. The standard InChI is InChI=1S/C16H15N5O2/c17-15-11-5-1-2-6-12(11)21-13(19-20-16(21)18-15)8-10-23-14-7-3-4-9-22-14/h1-2,5-6,14H,3-4,7,9H2,(H2,17,18,20). The summed E-state index contributed by atoms with van der Waals surface area (Å²) < 4.78 is 12.7. The first kappa shape index (κ1) is 13.8. The molecule has 2 aromatic heterocycles. The maximum absolute atomic E-state index is 5.96. The Morgan fingerprint density at radius 2 is 2.17 bits per heavy atom. The van der Waals surface area contributed by atoms with Gasteiger partial charge >= 0.3 is 0 Å². The van der Waals surface area contributed by atoms with Gasteiger partial charge in [-0.15, -0.1) is 10.2 Å². The second-order valence-electron chi connectivity index (χ2n) is 5.31. The summed E-state index contributed by atoms with van der Waals surface area (Å²) in [6.07, 6.45) is 5.43. The summed E-state index contributed by atoms with van der Waals surface area (Å²) >= 11 is 0. The van der Waals surface area contributed by atoms with E-state index >= 15 is 0 Å². The molecule has 1 fully saturated rings. The molecule has 7 heteroatoms. The van der Waals surface area contributed by atoms with Crippen molar-refractivity contribution < 1.29 is 9.47 Å². The Balaban J connectivity index is 1.72. The first-order valence-electron chi connectivity index (χ1n) is 7.50. The third-order valence-corrected chi connectivity index (χ3v) is 3.78. The lowest BCUT2D eigenvalue weighted by atomic mass is 10.2. The number of fused-ring (bicyclic) bond motifs is 3. The van der Waals surface area contributed by atoms with Crippen LogP contribution in [0.3, 0.4) is 0 Å². The highest BCUT2D eigenvalue weighted by molar-refractivity contribution is 5.90. The normalized spacial score (nSPS) is 17.8. The number of nitrogens with zero attached hydrogens (tertiary/aromatic N) is 4. The fourth-order valence-electron chi connectivity index (χ4n) is 2.65. The van der Waals surface area contributed by atoms with E-state index in [4.69, 9.17) is 15.2 Å². The van der Waals surface area contributed by atoms with Gasteiger partial charge in [-0.1, -0.05) is 12.1 Å². The van der Waals surface area contributed by atoms with Gasteiger partial charge < -0.3 is 15.2 Å². The molecule has 4 rings (SSSR count). The third kappa shape index (κ3) is 2.53. The molecule has 1 aliphatic rings. The number of hydrogen-bond acceptors (Lipinski definition) is 6. The van der Waals surface area contributed by atoms with Crippen molar-refractivity contribution in [3.8, 4) is 12.0 Å². The van der Waals surface area contributed by atoms with Gasteiger partial charge in [0, 0.05) is 17.7 Å². The van der Waals surface area contributed by atoms with Crippen LogP contribution in [0.2, 0.25) is 0 Å². The van der Waals surface area contributed by atoms with Gasteiger partial charge in [0.15, 0.2) is 0 Å². The van der Waals surface area contributed by atoms with Gasteiger partial charge in [-0.05, 0) is 25.0 Å². The minimum atomic E-state index is -0.263. The predicted molar refractivity (Wildman–Crippen MR) is 84.3 cm³/mol. The van der Waals surface area contributed by atoms with Gasteiger partial charge in [0.25, 0.3) is 5.78 Å². The Kier molecular flexibility index (Phi) is 3.44. The van der Waals surface area contributed by atoms with Crippen LogP contribution in [0.1, 0.15) is 25.1 Å². The molecular weight excluding hydrogens is 294 g/mol. The lowest BCUT2D eigenvalue weighted by Gasteiger charge is -2.19. The van der Waals surface area contributed by atoms with E-state index in [0.717, 1.165) is 30.2 Å². The third-order valence-electron chi connectivity index (χ3n) is 3.78. The predicted octanol–water partition coefficient (Wildman–Crippen LogP) is 1.71. The Morgan fingerprint density at radius 3 is 3.04 bits per heavy atom. The summed E-state index contributed by atoms with van der Waals surface area (Å²) in [5.41, 5.74) is 6.82. The van der Waals surface area contributed by atoms with Crippen LogP contribution in [-0.4, -0.2) is 32.5 Å². The zero-order valence-corrected chi connectivity index (χ0v) is 12.4. The van der Waals surface area contributed by atoms with E-state index in [1.54, 1.807) is 4.40 Å². The van der Waals surface area contributed by atoms with E-state index in [-0.39, 0.29) is 6.29 Å². The molecule has 1 aliphatic heterocycles. The molecule has 2 N–H and O–H groups in total. The molecule has 1 aromatic carbocycles. The van der Waals surface area contributed by atoms with Crippen LogP contribution in [0.5, 0.6) is 0 Å². The highest BCUT2D eigenvalue weighted by Gasteiger charge is 2.14. The number of para-hydroxylation sites is 1. The van der Waals surface area contributed by atoms with Gasteiger partial charge in [0.05, 0.1) is 12.1 Å². The molecule has 7 nitrogen and oxygen atoms in total. The summed E-state index contributed by atoms with van der Waals surface area (Å²) in [5, 5.41) is 8.93. The second-order valence-corrected chi connectivity index (χ2v) is 5.31. The van der Waals surface area contributed by atoms with Crippen molar-refractivity contribution >= 4 is 22.5 Å². The Morgan fingerprint density at radius 1 is 1.26 bits per heavy atom. The average Bonchev–Trinajstić information content (AvgIpc) is 2.99. The van der Waals surface area contributed by atoms with Gasteiger partial charge in [-0.2, -0.15) is 4.98 Å². The lowest BCUT2D eigenvalue weighted by molar-refractivity contribution is -0.121. The number of aromatic nitrogens is 4. The van der Waals surface area contributed by atoms with E-state index in [0.29, 0.717) is 24.0 Å². The summed E-state index contributed by atoms with van der Waals surface area (Å²) in [4.78, 5) is 4.26. The Labute approximate surface area is 132 Å². The van der Waals surface area contributed by atoms with E-state index < -0.39 is 0 Å². The first-order valence-corrected chi connectivity index (χ1v) is 7.50. The van der Waals surface area contributed by atoms with Crippen LogP contribution < -0.4 is 5.73 Å². The van der Waals surface area contributed by atoms with Crippen molar-refractivity contribution in [2.45, 2.75) is 25.6 Å². The zero-order valence-electron chi connectivity index (χ0n) is 12.4. The number of nitrogen functional groups attached to an aromatic ring is 1. The molecule has 0 spiro atoms. The number of nitrogens with two attached hydrogens (primary N) is 1. The van der Waals surface area contributed by atoms with Gasteiger partial charge in [0.2, 0.25) is 12.1 Å². The molecule has 3 aromatic rings. The molecule has 1 saturated heterocycles. The molecule has 23 heavy (non-hydrogen) atoms. The van der Waals surface area contributed by atoms with Crippen LogP contribution in [0.25, 0.3) is 16.7 Å². The van der Waals surface area contributed by atoms with Crippen LogP contribution in [0.15, 0.2) is 24.3 Å². The van der Waals surface area contributed by atoms with Crippen LogP contribution in [0, 0.1) is 12.0 Å². The van der Waals surface area contributed by atoms with Crippen molar-refractivity contribution in [1.29, 1.82) is 0 Å². The molecular formula is C16H15N5O2. The molecule has 116 valence electrons. The molecule has 1 atom stereocenters. The summed E-state index contributed by atoms with van der Waals surface area (Å²) in [5.74, 6) is 4.18. The van der Waals surface area contributed by atoms with Gasteiger partial charge in [0.1, 0.15) is 11.9 Å². The number of benzene rings is 1. The fourth-order valence-corrected chi connectivity index (χ4v) is 2.65. The van der Waals surface area contributed by atoms with Crippen molar-refractivity contribution in [3.63, 3.8) is 0 Å². The first-order chi connectivity index (χ1) is 11.3. The monoisotopic (exact) mass is 309 g/mol. The SMILES string of the molecule is Nc1nc2nnc(C#COC3CCCCO3)n2c2ccccc12. The highest BCUT2D eigenvalue weighted by atomic mass is 16.7. The number of anilines is 1. The van der Waals surface area contributed by atoms with Crippen molar-refractivity contribution in [1.82, 2.24) is 19.6 Å². The summed E-state index contributed by atoms with van der Waals surface area (Å²) in [6.45, 7) is 0.716. The second kappa shape index (κ2) is 5.74. The topological polar surface area (TPSA) is 87.6 Å². The highest BCUT2D eigenvalue weighted by Crippen LogP contribution is 2.20. The van der Waals surface area contributed by atoms with Gasteiger partial charge in [-0.25, -0.2) is 0 Å². The molecule has 0 amide bonds. The average molecular weight is 309 g/mol. The van der Waals surface area contributed by atoms with Crippen molar-refractivity contribution in [2.24, 2.45) is 0 Å². The molecule has 0 radical (unpaired) electrons. The van der Waals surface area contributed by atoms with E-state index in [1.807, 2.05) is 24.3 Å². The summed E-state index contributed by atoms with van der Waals surface area (Å²) in [6, 6.07) is 7.66. The van der Waals surface area contributed by atoms with Crippen LogP contribution in [0.4, 0.5) is 5.82 Å². The number of rotatable bonds is 1. The number of hydrogen-bond donors (Lipinski definition) is 1. The van der Waals surface area contributed by atoms with Crippen LogP contribution in [-0.2, 0) is 9.47 Å². The Bertz CT molecular complexity index is 918. The minimum absolute atomic E-state index is 0.263. The molecule has 0 aliphatic carbocycles.